The summed E-state index contributed by atoms with van der Waals surface area (Å²) in [7, 11) is 1.68. The third kappa shape index (κ3) is 1.77. The minimum absolute atomic E-state index is 0.0109. The smallest absolute Gasteiger partial charge is 0.210 e. The van der Waals surface area contributed by atoms with Crippen molar-refractivity contribution in [3.63, 3.8) is 0 Å². The van der Waals surface area contributed by atoms with E-state index in [4.69, 9.17) is 4.74 Å². The Hall–Kier alpha value is -1.51. The molecule has 1 aromatic rings. The van der Waals surface area contributed by atoms with Crippen LogP contribution < -0.4 is 4.74 Å². The lowest BCUT2D eigenvalue weighted by Gasteiger charge is -2.38. The zero-order chi connectivity index (χ0) is 11.8. The van der Waals surface area contributed by atoms with E-state index in [-0.39, 0.29) is 5.41 Å². The van der Waals surface area contributed by atoms with E-state index in [9.17, 15) is 4.79 Å². The highest BCUT2D eigenvalue weighted by Gasteiger charge is 2.31. The van der Waals surface area contributed by atoms with E-state index in [1.54, 1.807) is 7.11 Å². The molecule has 0 saturated carbocycles. The molecule has 0 saturated heterocycles. The van der Waals surface area contributed by atoms with Crippen LogP contribution in [-0.2, 0) is 16.8 Å². The fourth-order valence-electron chi connectivity index (χ4n) is 2.39. The maximum absolute atomic E-state index is 10.9. The molecule has 0 N–H and O–H groups in total. The van der Waals surface area contributed by atoms with Crippen LogP contribution in [0.15, 0.2) is 18.2 Å². The summed E-state index contributed by atoms with van der Waals surface area (Å²) in [5.41, 5.74) is 2.48. The van der Waals surface area contributed by atoms with Gasteiger partial charge in [0.05, 0.1) is 7.11 Å². The Bertz CT molecular complexity index is 412. The molecule has 0 aliphatic carbocycles. The number of hydrogen-bond acceptors (Lipinski definition) is 2. The van der Waals surface area contributed by atoms with Crippen molar-refractivity contribution in [2.45, 2.75) is 25.8 Å². The van der Waals surface area contributed by atoms with Gasteiger partial charge in [0.25, 0.3) is 0 Å². The number of amides is 1. The second-order valence-corrected chi connectivity index (χ2v) is 4.92. The lowest BCUT2D eigenvalue weighted by Crippen LogP contribution is -2.41. The van der Waals surface area contributed by atoms with Gasteiger partial charge in [0.1, 0.15) is 5.75 Å². The summed E-state index contributed by atoms with van der Waals surface area (Å²) >= 11 is 0. The van der Waals surface area contributed by atoms with E-state index in [1.807, 2.05) is 17.0 Å². The molecular weight excluding hydrogens is 202 g/mol. The predicted octanol–water partition coefficient (Wildman–Crippen LogP) is 1.94. The number of methoxy groups -OCH3 is 1. The number of hydrogen-bond donors (Lipinski definition) is 0. The quantitative estimate of drug-likeness (QED) is 0.711. The van der Waals surface area contributed by atoms with Gasteiger partial charge in [-0.25, -0.2) is 0 Å². The summed E-state index contributed by atoms with van der Waals surface area (Å²) in [5.74, 6) is 0.881. The lowest BCUT2D eigenvalue weighted by molar-refractivity contribution is -0.119. The molecule has 0 spiro atoms. The second kappa shape index (κ2) is 3.81. The molecule has 3 nitrogen and oxygen atoms in total. The molecule has 86 valence electrons. The van der Waals surface area contributed by atoms with Crippen molar-refractivity contribution in [2.75, 3.05) is 13.7 Å². The molecule has 1 amide bonds. The van der Waals surface area contributed by atoms with E-state index in [0.717, 1.165) is 18.7 Å². The molecule has 3 heteroatoms. The number of benzene rings is 1. The Morgan fingerprint density at radius 2 is 2.19 bits per heavy atom. The standard InChI is InChI=1S/C13H17NO2/c1-13(2)8-14(9-15)7-10-4-5-11(16-3)6-12(10)13/h4-6,9H,7-8H2,1-3H3. The molecule has 0 radical (unpaired) electrons. The van der Waals surface area contributed by atoms with Crippen LogP contribution in [0.1, 0.15) is 25.0 Å². The van der Waals surface area contributed by atoms with Gasteiger partial charge in [-0.2, -0.15) is 0 Å². The number of ether oxygens (including phenoxy) is 1. The number of carbonyl (C=O) groups excluding carboxylic acids is 1. The van der Waals surface area contributed by atoms with E-state index in [1.165, 1.54) is 11.1 Å². The van der Waals surface area contributed by atoms with Gasteiger partial charge >= 0.3 is 0 Å². The van der Waals surface area contributed by atoms with E-state index in [2.05, 4.69) is 19.9 Å². The molecule has 0 fully saturated rings. The van der Waals surface area contributed by atoms with Gasteiger partial charge in [0.15, 0.2) is 0 Å². The molecule has 0 atom stereocenters. The van der Waals surface area contributed by atoms with Crippen LogP contribution in [0.5, 0.6) is 5.75 Å². The summed E-state index contributed by atoms with van der Waals surface area (Å²) in [4.78, 5) is 12.7. The summed E-state index contributed by atoms with van der Waals surface area (Å²) in [6, 6.07) is 6.08. The summed E-state index contributed by atoms with van der Waals surface area (Å²) in [6.45, 7) is 5.77. The van der Waals surface area contributed by atoms with Crippen LogP contribution in [0.25, 0.3) is 0 Å². The van der Waals surface area contributed by atoms with Crippen LogP contribution in [0, 0.1) is 0 Å². The van der Waals surface area contributed by atoms with Crippen molar-refractivity contribution < 1.29 is 9.53 Å². The van der Waals surface area contributed by atoms with Crippen LogP contribution >= 0.6 is 0 Å². The minimum Gasteiger partial charge on any atom is -0.497 e. The summed E-state index contributed by atoms with van der Waals surface area (Å²) in [5, 5.41) is 0. The van der Waals surface area contributed by atoms with Crippen molar-refractivity contribution in [1.29, 1.82) is 0 Å². The Kier molecular flexibility index (Phi) is 2.62. The highest BCUT2D eigenvalue weighted by atomic mass is 16.5. The van der Waals surface area contributed by atoms with Gasteiger partial charge < -0.3 is 9.64 Å². The number of fused-ring (bicyclic) bond motifs is 1. The highest BCUT2D eigenvalue weighted by Crippen LogP contribution is 2.34. The first-order chi connectivity index (χ1) is 7.56. The van der Waals surface area contributed by atoms with E-state index < -0.39 is 0 Å². The maximum Gasteiger partial charge on any atom is 0.210 e. The van der Waals surface area contributed by atoms with Crippen molar-refractivity contribution in [3.05, 3.63) is 29.3 Å². The highest BCUT2D eigenvalue weighted by molar-refractivity contribution is 5.52. The van der Waals surface area contributed by atoms with Gasteiger partial charge in [0, 0.05) is 18.5 Å². The fourth-order valence-corrected chi connectivity index (χ4v) is 2.39. The van der Waals surface area contributed by atoms with Gasteiger partial charge in [0.2, 0.25) is 6.41 Å². The number of carbonyl (C=O) groups is 1. The Labute approximate surface area is 96.0 Å². The van der Waals surface area contributed by atoms with Crippen molar-refractivity contribution >= 4 is 6.41 Å². The third-order valence-electron chi connectivity index (χ3n) is 3.17. The molecule has 1 aliphatic heterocycles. The van der Waals surface area contributed by atoms with Gasteiger partial charge in [-0.1, -0.05) is 19.9 Å². The molecule has 1 aromatic carbocycles. The van der Waals surface area contributed by atoms with Gasteiger partial charge in [-0.15, -0.1) is 0 Å². The molecule has 1 heterocycles. The molecule has 1 aliphatic rings. The van der Waals surface area contributed by atoms with Gasteiger partial charge in [-0.05, 0) is 23.3 Å². The Morgan fingerprint density at radius 3 is 2.81 bits per heavy atom. The van der Waals surface area contributed by atoms with Crippen molar-refractivity contribution in [1.82, 2.24) is 4.90 Å². The molecule has 0 unspecified atom stereocenters. The fraction of sp³-hybridized carbons (Fsp3) is 0.462. The van der Waals surface area contributed by atoms with Crippen LogP contribution in [-0.4, -0.2) is 25.0 Å². The summed E-state index contributed by atoms with van der Waals surface area (Å²) in [6.07, 6.45) is 0.926. The second-order valence-electron chi connectivity index (χ2n) is 4.92. The van der Waals surface area contributed by atoms with Gasteiger partial charge in [-0.3, -0.25) is 4.79 Å². The third-order valence-corrected chi connectivity index (χ3v) is 3.17. The molecular formula is C13H17NO2. The SMILES string of the molecule is COc1ccc2c(c1)C(C)(C)CN(C=O)C2. The Balaban J connectivity index is 2.46. The molecule has 16 heavy (non-hydrogen) atoms. The molecule has 0 bridgehead atoms. The lowest BCUT2D eigenvalue weighted by atomic mass is 9.78. The maximum atomic E-state index is 10.9. The van der Waals surface area contributed by atoms with E-state index in [0.29, 0.717) is 6.54 Å². The first kappa shape index (κ1) is 11.0. The average molecular weight is 219 g/mol. The number of nitrogens with zero attached hydrogens (tertiary/aromatic N) is 1. The monoisotopic (exact) mass is 219 g/mol. The summed E-state index contributed by atoms with van der Waals surface area (Å²) < 4.78 is 5.24. The topological polar surface area (TPSA) is 29.5 Å². The number of rotatable bonds is 2. The normalized spacial score (nSPS) is 17.8. The first-order valence-electron chi connectivity index (χ1n) is 5.43. The minimum atomic E-state index is -0.0109. The average Bonchev–Trinajstić information content (AvgIpc) is 2.27. The first-order valence-corrected chi connectivity index (χ1v) is 5.43. The van der Waals surface area contributed by atoms with Crippen molar-refractivity contribution in [2.24, 2.45) is 0 Å². The van der Waals surface area contributed by atoms with Crippen LogP contribution in [0.4, 0.5) is 0 Å². The predicted molar refractivity (Wildman–Crippen MR) is 62.5 cm³/mol. The largest absolute Gasteiger partial charge is 0.497 e. The zero-order valence-corrected chi connectivity index (χ0v) is 9.99. The van der Waals surface area contributed by atoms with E-state index >= 15 is 0 Å². The molecule has 2 rings (SSSR count). The van der Waals surface area contributed by atoms with Crippen molar-refractivity contribution in [3.8, 4) is 5.75 Å². The zero-order valence-electron chi connectivity index (χ0n) is 9.99. The van der Waals surface area contributed by atoms with Crippen LogP contribution in [0.2, 0.25) is 0 Å². The molecule has 0 aromatic heterocycles. The van der Waals surface area contributed by atoms with Crippen LogP contribution in [0.3, 0.4) is 0 Å². The Morgan fingerprint density at radius 1 is 1.44 bits per heavy atom.